The van der Waals surface area contributed by atoms with Crippen molar-refractivity contribution in [3.8, 4) is 0 Å². The Labute approximate surface area is 63.4 Å². The maximum absolute atomic E-state index is 9.61. The van der Waals surface area contributed by atoms with Crippen molar-refractivity contribution in [3.05, 3.63) is 0 Å². The van der Waals surface area contributed by atoms with Gasteiger partial charge in [-0.3, -0.25) is 0 Å². The van der Waals surface area contributed by atoms with Crippen LogP contribution in [0.5, 0.6) is 0 Å². The van der Waals surface area contributed by atoms with E-state index in [2.05, 4.69) is 13.8 Å². The third kappa shape index (κ3) is 1.72. The fourth-order valence-electron chi connectivity index (χ4n) is 1.83. The van der Waals surface area contributed by atoms with Gasteiger partial charge in [-0.2, -0.15) is 0 Å². The van der Waals surface area contributed by atoms with E-state index in [0.717, 1.165) is 24.7 Å². The molecule has 1 saturated carbocycles. The van der Waals surface area contributed by atoms with Gasteiger partial charge in [0.2, 0.25) is 0 Å². The first-order valence-electron chi connectivity index (χ1n) is 4.24. The van der Waals surface area contributed by atoms with Gasteiger partial charge in [-0.25, -0.2) is 0 Å². The summed E-state index contributed by atoms with van der Waals surface area (Å²) in [5, 5.41) is 9.61. The van der Waals surface area contributed by atoms with E-state index in [0.29, 0.717) is 0 Å². The largest absolute Gasteiger partial charge is 0.390 e. The molecule has 0 heterocycles. The van der Waals surface area contributed by atoms with Crippen LogP contribution < -0.4 is 0 Å². The molecule has 0 radical (unpaired) electrons. The third-order valence-corrected chi connectivity index (χ3v) is 2.70. The molecule has 1 nitrogen and oxygen atoms in total. The van der Waals surface area contributed by atoms with E-state index in [1.54, 1.807) is 0 Å². The average molecular weight is 142 g/mol. The third-order valence-electron chi connectivity index (χ3n) is 2.70. The van der Waals surface area contributed by atoms with Crippen molar-refractivity contribution in [2.45, 2.75) is 45.6 Å². The zero-order chi connectivity index (χ0) is 7.78. The summed E-state index contributed by atoms with van der Waals surface area (Å²) >= 11 is 0. The summed E-state index contributed by atoms with van der Waals surface area (Å²) in [5.74, 6) is 1.50. The van der Waals surface area contributed by atoms with Gasteiger partial charge in [0.05, 0.1) is 5.60 Å². The lowest BCUT2D eigenvalue weighted by Gasteiger charge is -2.17. The maximum atomic E-state index is 9.61. The normalized spacial score (nSPS) is 41.1. The molecule has 1 heteroatoms. The standard InChI is InChI=1S/C9H18O/c1-7(2)8-4-5-9(3,10)6-8/h7-8,10H,4-6H2,1-3H3/t8-,9+/m0/s1. The Morgan fingerprint density at radius 3 is 2.30 bits per heavy atom. The molecule has 1 aliphatic rings. The van der Waals surface area contributed by atoms with Crippen molar-refractivity contribution in [2.75, 3.05) is 0 Å². The first-order chi connectivity index (χ1) is 4.51. The second kappa shape index (κ2) is 2.54. The van der Waals surface area contributed by atoms with Crippen molar-refractivity contribution in [3.63, 3.8) is 0 Å². The van der Waals surface area contributed by atoms with Crippen molar-refractivity contribution in [2.24, 2.45) is 11.8 Å². The number of hydrogen-bond acceptors (Lipinski definition) is 1. The van der Waals surface area contributed by atoms with Crippen molar-refractivity contribution in [1.82, 2.24) is 0 Å². The van der Waals surface area contributed by atoms with Gasteiger partial charge in [-0.05, 0) is 38.0 Å². The Hall–Kier alpha value is -0.0400. The minimum atomic E-state index is -0.352. The fraction of sp³-hybridized carbons (Fsp3) is 1.00. The smallest absolute Gasteiger partial charge is 0.0622 e. The van der Waals surface area contributed by atoms with Crippen LogP contribution in [-0.4, -0.2) is 10.7 Å². The zero-order valence-corrected chi connectivity index (χ0v) is 7.22. The van der Waals surface area contributed by atoms with Gasteiger partial charge >= 0.3 is 0 Å². The minimum absolute atomic E-state index is 0.352. The van der Waals surface area contributed by atoms with Crippen LogP contribution in [-0.2, 0) is 0 Å². The molecule has 0 unspecified atom stereocenters. The molecule has 1 rings (SSSR count). The molecule has 0 amide bonds. The molecule has 2 atom stereocenters. The molecule has 0 spiro atoms. The van der Waals surface area contributed by atoms with E-state index in [1.165, 1.54) is 6.42 Å². The topological polar surface area (TPSA) is 20.2 Å². The molecule has 0 aromatic heterocycles. The van der Waals surface area contributed by atoms with E-state index >= 15 is 0 Å². The van der Waals surface area contributed by atoms with Crippen LogP contribution >= 0.6 is 0 Å². The van der Waals surface area contributed by atoms with Gasteiger partial charge in [-0.15, -0.1) is 0 Å². The molecule has 60 valence electrons. The highest BCUT2D eigenvalue weighted by Crippen LogP contribution is 2.37. The minimum Gasteiger partial charge on any atom is -0.390 e. The molecule has 0 saturated heterocycles. The molecule has 0 aromatic carbocycles. The van der Waals surface area contributed by atoms with Gasteiger partial charge in [0.15, 0.2) is 0 Å². The molecule has 1 N–H and O–H groups in total. The Morgan fingerprint density at radius 2 is 2.10 bits per heavy atom. The predicted octanol–water partition coefficient (Wildman–Crippen LogP) is 2.19. The second-order valence-corrected chi connectivity index (χ2v) is 4.24. The average Bonchev–Trinajstić information content (AvgIpc) is 2.10. The SMILES string of the molecule is CC(C)[C@H]1CC[C@@](C)(O)C1. The Balaban J connectivity index is 2.43. The van der Waals surface area contributed by atoms with Crippen LogP contribution in [0.25, 0.3) is 0 Å². The Morgan fingerprint density at radius 1 is 1.50 bits per heavy atom. The van der Waals surface area contributed by atoms with E-state index in [-0.39, 0.29) is 5.60 Å². The number of hydrogen-bond donors (Lipinski definition) is 1. The first-order valence-corrected chi connectivity index (χ1v) is 4.24. The molecular weight excluding hydrogens is 124 g/mol. The summed E-state index contributed by atoms with van der Waals surface area (Å²) in [7, 11) is 0. The van der Waals surface area contributed by atoms with Crippen molar-refractivity contribution in [1.29, 1.82) is 0 Å². The molecule has 0 aromatic rings. The molecule has 10 heavy (non-hydrogen) atoms. The van der Waals surface area contributed by atoms with Gasteiger partial charge in [0.1, 0.15) is 0 Å². The highest BCUT2D eigenvalue weighted by Gasteiger charge is 2.33. The van der Waals surface area contributed by atoms with Crippen LogP contribution in [0.15, 0.2) is 0 Å². The zero-order valence-electron chi connectivity index (χ0n) is 7.22. The summed E-state index contributed by atoms with van der Waals surface area (Å²) in [6, 6.07) is 0. The molecule has 0 aliphatic heterocycles. The fourth-order valence-corrected chi connectivity index (χ4v) is 1.83. The van der Waals surface area contributed by atoms with Gasteiger partial charge in [-0.1, -0.05) is 13.8 Å². The van der Waals surface area contributed by atoms with Gasteiger partial charge < -0.3 is 5.11 Å². The van der Waals surface area contributed by atoms with Gasteiger partial charge in [0.25, 0.3) is 0 Å². The highest BCUT2D eigenvalue weighted by atomic mass is 16.3. The number of aliphatic hydroxyl groups is 1. The van der Waals surface area contributed by atoms with Crippen molar-refractivity contribution >= 4 is 0 Å². The lowest BCUT2D eigenvalue weighted by molar-refractivity contribution is 0.0610. The predicted molar refractivity (Wildman–Crippen MR) is 42.8 cm³/mol. The Kier molecular flexibility index (Phi) is 2.04. The van der Waals surface area contributed by atoms with E-state index in [4.69, 9.17) is 0 Å². The molecular formula is C9H18O. The molecule has 1 aliphatic carbocycles. The summed E-state index contributed by atoms with van der Waals surface area (Å²) in [6.07, 6.45) is 3.21. The van der Waals surface area contributed by atoms with Gasteiger partial charge in [0, 0.05) is 0 Å². The van der Waals surface area contributed by atoms with Crippen LogP contribution in [0.4, 0.5) is 0 Å². The Bertz CT molecular complexity index is 116. The highest BCUT2D eigenvalue weighted by molar-refractivity contribution is 4.86. The van der Waals surface area contributed by atoms with Crippen LogP contribution in [0.3, 0.4) is 0 Å². The monoisotopic (exact) mass is 142 g/mol. The lowest BCUT2D eigenvalue weighted by Crippen LogP contribution is -2.19. The maximum Gasteiger partial charge on any atom is 0.0622 e. The lowest BCUT2D eigenvalue weighted by atomic mass is 9.93. The van der Waals surface area contributed by atoms with Crippen LogP contribution in [0, 0.1) is 11.8 Å². The number of rotatable bonds is 1. The summed E-state index contributed by atoms with van der Waals surface area (Å²) in [4.78, 5) is 0. The first kappa shape index (κ1) is 8.06. The van der Waals surface area contributed by atoms with Crippen molar-refractivity contribution < 1.29 is 5.11 Å². The van der Waals surface area contributed by atoms with E-state index < -0.39 is 0 Å². The second-order valence-electron chi connectivity index (χ2n) is 4.24. The summed E-state index contributed by atoms with van der Waals surface area (Å²) < 4.78 is 0. The summed E-state index contributed by atoms with van der Waals surface area (Å²) in [6.45, 7) is 6.44. The van der Waals surface area contributed by atoms with E-state index in [1.807, 2.05) is 6.92 Å². The summed E-state index contributed by atoms with van der Waals surface area (Å²) in [5.41, 5.74) is -0.352. The van der Waals surface area contributed by atoms with Crippen LogP contribution in [0.1, 0.15) is 40.0 Å². The van der Waals surface area contributed by atoms with Crippen LogP contribution in [0.2, 0.25) is 0 Å². The molecule has 0 bridgehead atoms. The molecule has 1 fully saturated rings. The van der Waals surface area contributed by atoms with E-state index in [9.17, 15) is 5.11 Å². The quantitative estimate of drug-likeness (QED) is 0.595.